The molecular weight excluding hydrogens is 298 g/mol. The van der Waals surface area contributed by atoms with Gasteiger partial charge in [-0.05, 0) is 38.4 Å². The highest BCUT2D eigenvalue weighted by Gasteiger charge is 2.49. The van der Waals surface area contributed by atoms with Crippen molar-refractivity contribution in [2.45, 2.75) is 63.5 Å². The molecule has 5 heteroatoms. The Hall–Kier alpha value is -0.840. The first-order valence-electron chi connectivity index (χ1n) is 8.37. The zero-order valence-corrected chi connectivity index (χ0v) is 14.7. The smallest absolute Gasteiger partial charge is 0.149 e. The number of hydrogen-bond donors (Lipinski definition) is 0. The third kappa shape index (κ3) is 3.39. The third-order valence-electron chi connectivity index (χ3n) is 5.04. The average Bonchev–Trinajstić information content (AvgIpc) is 2.43. The van der Waals surface area contributed by atoms with E-state index in [9.17, 15) is 9.59 Å². The van der Waals surface area contributed by atoms with Crippen molar-refractivity contribution in [2.24, 2.45) is 17.0 Å². The van der Waals surface area contributed by atoms with Crippen molar-refractivity contribution in [1.82, 2.24) is 0 Å². The number of oxime groups is 1. The van der Waals surface area contributed by atoms with Gasteiger partial charge in [-0.1, -0.05) is 24.9 Å². The van der Waals surface area contributed by atoms with E-state index in [-0.39, 0.29) is 22.2 Å². The second-order valence-electron chi connectivity index (χ2n) is 6.34. The van der Waals surface area contributed by atoms with Crippen LogP contribution in [0.3, 0.4) is 0 Å². The van der Waals surface area contributed by atoms with Crippen molar-refractivity contribution in [3.05, 3.63) is 0 Å². The number of nitrogens with zero attached hydrogens (tertiary/aromatic N) is 1. The fourth-order valence-electron chi connectivity index (χ4n) is 3.67. The minimum atomic E-state index is -0.651. The van der Waals surface area contributed by atoms with Gasteiger partial charge in [0.25, 0.3) is 0 Å². The van der Waals surface area contributed by atoms with Crippen LogP contribution in [0, 0.1) is 11.8 Å². The molecular formula is C17H27NO3S. The summed E-state index contributed by atoms with van der Waals surface area (Å²) in [6.45, 7) is 4.34. The van der Waals surface area contributed by atoms with Crippen molar-refractivity contribution in [1.29, 1.82) is 0 Å². The molecule has 0 aromatic carbocycles. The van der Waals surface area contributed by atoms with E-state index >= 15 is 0 Å². The molecule has 2 saturated carbocycles. The molecule has 0 amide bonds. The topological polar surface area (TPSA) is 55.7 Å². The predicted molar refractivity (Wildman–Crippen MR) is 90.3 cm³/mol. The van der Waals surface area contributed by atoms with Gasteiger partial charge in [-0.3, -0.25) is 9.59 Å². The molecule has 0 aromatic heterocycles. The lowest BCUT2D eigenvalue weighted by molar-refractivity contribution is -0.135. The van der Waals surface area contributed by atoms with Crippen molar-refractivity contribution < 1.29 is 14.4 Å². The summed E-state index contributed by atoms with van der Waals surface area (Å²) >= 11 is 1.84. The van der Waals surface area contributed by atoms with Gasteiger partial charge in [-0.25, -0.2) is 0 Å². The van der Waals surface area contributed by atoms with Crippen LogP contribution in [0.15, 0.2) is 5.16 Å². The Morgan fingerprint density at radius 2 is 1.91 bits per heavy atom. The molecule has 2 fully saturated rings. The summed E-state index contributed by atoms with van der Waals surface area (Å²) in [4.78, 5) is 30.4. The van der Waals surface area contributed by atoms with Crippen LogP contribution in [0.1, 0.15) is 58.8 Å². The third-order valence-corrected chi connectivity index (χ3v) is 6.59. The second-order valence-corrected chi connectivity index (χ2v) is 7.56. The quantitative estimate of drug-likeness (QED) is 0.407. The summed E-state index contributed by atoms with van der Waals surface area (Å²) in [6, 6.07) is 0. The lowest BCUT2D eigenvalue weighted by atomic mass is 9.65. The van der Waals surface area contributed by atoms with Crippen molar-refractivity contribution in [3.8, 4) is 0 Å². The van der Waals surface area contributed by atoms with Gasteiger partial charge in [0.1, 0.15) is 24.1 Å². The van der Waals surface area contributed by atoms with Gasteiger partial charge in [0, 0.05) is 17.6 Å². The van der Waals surface area contributed by atoms with Crippen molar-refractivity contribution in [2.75, 3.05) is 12.9 Å². The molecule has 0 N–H and O–H groups in total. The van der Waals surface area contributed by atoms with Gasteiger partial charge < -0.3 is 4.84 Å². The second kappa shape index (κ2) is 7.62. The molecule has 4 nitrogen and oxygen atoms in total. The maximum absolute atomic E-state index is 12.6. The molecule has 0 bridgehead atoms. The number of thioether (sulfide) groups is 1. The van der Waals surface area contributed by atoms with Crippen molar-refractivity contribution >= 4 is 29.0 Å². The molecule has 0 spiro atoms. The van der Waals surface area contributed by atoms with Crippen LogP contribution in [0.4, 0.5) is 0 Å². The van der Waals surface area contributed by atoms with E-state index in [1.165, 1.54) is 6.42 Å². The van der Waals surface area contributed by atoms with Gasteiger partial charge >= 0.3 is 0 Å². The summed E-state index contributed by atoms with van der Waals surface area (Å²) in [5.74, 6) is -0.342. The van der Waals surface area contributed by atoms with Crippen LogP contribution in [0.25, 0.3) is 0 Å². The van der Waals surface area contributed by atoms with E-state index in [2.05, 4.69) is 11.4 Å². The monoisotopic (exact) mass is 325 g/mol. The molecule has 0 aliphatic heterocycles. The SMILES string of the molecule is CCCC(=NOCC)C1C(=O)CC(C2(SC)CCC2)CC1=O. The Bertz CT molecular complexity index is 433. The summed E-state index contributed by atoms with van der Waals surface area (Å²) in [5, 5.41) is 4.07. The van der Waals surface area contributed by atoms with Gasteiger partial charge in [0.2, 0.25) is 0 Å². The lowest BCUT2D eigenvalue weighted by Crippen LogP contribution is -2.49. The van der Waals surface area contributed by atoms with Gasteiger partial charge in [0.15, 0.2) is 0 Å². The van der Waals surface area contributed by atoms with E-state index in [0.29, 0.717) is 31.6 Å². The van der Waals surface area contributed by atoms with Gasteiger partial charge in [-0.2, -0.15) is 11.8 Å². The predicted octanol–water partition coefficient (Wildman–Crippen LogP) is 3.63. The highest BCUT2D eigenvalue weighted by atomic mass is 32.2. The molecule has 2 aliphatic rings. The Balaban J connectivity index is 2.13. The normalized spacial score (nSPS) is 28.4. The maximum Gasteiger partial charge on any atom is 0.149 e. The molecule has 0 saturated heterocycles. The highest BCUT2D eigenvalue weighted by Crippen LogP contribution is 2.52. The summed E-state index contributed by atoms with van der Waals surface area (Å²) in [5.41, 5.74) is 0.629. The number of carbonyl (C=O) groups excluding carboxylic acids is 2. The Morgan fingerprint density at radius 1 is 1.27 bits per heavy atom. The number of ketones is 2. The molecule has 2 rings (SSSR count). The van der Waals surface area contributed by atoms with Crippen LogP contribution in [-0.4, -0.2) is 34.9 Å². The molecule has 0 unspecified atom stereocenters. The van der Waals surface area contributed by atoms with Gasteiger partial charge in [0.05, 0.1) is 5.71 Å². The van der Waals surface area contributed by atoms with E-state index in [4.69, 9.17) is 4.84 Å². The van der Waals surface area contributed by atoms with Crippen LogP contribution in [0.5, 0.6) is 0 Å². The number of rotatable bonds is 7. The average molecular weight is 325 g/mol. The summed E-state index contributed by atoms with van der Waals surface area (Å²) in [7, 11) is 0. The van der Waals surface area contributed by atoms with Crippen LogP contribution >= 0.6 is 11.8 Å². The summed E-state index contributed by atoms with van der Waals surface area (Å²) < 4.78 is 0.165. The van der Waals surface area contributed by atoms with E-state index in [1.807, 2.05) is 25.6 Å². The van der Waals surface area contributed by atoms with E-state index in [1.54, 1.807) is 0 Å². The first kappa shape index (κ1) is 17.5. The fourth-order valence-corrected chi connectivity index (χ4v) is 4.86. The molecule has 124 valence electrons. The van der Waals surface area contributed by atoms with E-state index in [0.717, 1.165) is 19.3 Å². The molecule has 2 aliphatic carbocycles. The van der Waals surface area contributed by atoms with E-state index < -0.39 is 5.92 Å². The number of hydrogen-bond acceptors (Lipinski definition) is 5. The summed E-state index contributed by atoms with van der Waals surface area (Å²) in [6.07, 6.45) is 8.16. The molecule has 0 radical (unpaired) electrons. The van der Waals surface area contributed by atoms with Crippen LogP contribution in [0.2, 0.25) is 0 Å². The Morgan fingerprint density at radius 3 is 2.32 bits per heavy atom. The first-order valence-corrected chi connectivity index (χ1v) is 9.59. The van der Waals surface area contributed by atoms with Crippen LogP contribution in [-0.2, 0) is 14.4 Å². The Labute approximate surface area is 137 Å². The standard InChI is InChI=1S/C17H27NO3S/c1-4-7-13(18-21-5-2)16-14(19)10-12(11-15(16)20)17(22-3)8-6-9-17/h12,16H,4-11H2,1-3H3. The zero-order valence-electron chi connectivity index (χ0n) is 13.9. The highest BCUT2D eigenvalue weighted by molar-refractivity contribution is 8.00. The first-order chi connectivity index (χ1) is 10.6. The molecule has 0 atom stereocenters. The zero-order chi connectivity index (χ0) is 16.2. The van der Waals surface area contributed by atoms with Crippen molar-refractivity contribution in [3.63, 3.8) is 0 Å². The minimum Gasteiger partial charge on any atom is -0.396 e. The molecule has 0 aromatic rings. The van der Waals surface area contributed by atoms with Gasteiger partial charge in [-0.15, -0.1) is 0 Å². The number of Topliss-reactive ketones (excluding diaryl/α,β-unsaturated/α-hetero) is 2. The number of carbonyl (C=O) groups is 2. The molecule has 0 heterocycles. The molecule has 22 heavy (non-hydrogen) atoms. The lowest BCUT2D eigenvalue weighted by Gasteiger charge is -2.48. The minimum absolute atomic E-state index is 0.0495. The fraction of sp³-hybridized carbons (Fsp3) is 0.824. The maximum atomic E-state index is 12.6. The largest absolute Gasteiger partial charge is 0.396 e. The Kier molecular flexibility index (Phi) is 6.07. The van der Waals surface area contributed by atoms with Crippen LogP contribution < -0.4 is 0 Å².